The van der Waals surface area contributed by atoms with Crippen molar-refractivity contribution in [3.05, 3.63) is 24.3 Å². The van der Waals surface area contributed by atoms with Gasteiger partial charge >= 0.3 is 6.03 Å². The van der Waals surface area contributed by atoms with Crippen molar-refractivity contribution in [2.75, 3.05) is 37.6 Å². The molecule has 4 N–H and O–H groups in total. The lowest BCUT2D eigenvalue weighted by Gasteiger charge is -2.33. The van der Waals surface area contributed by atoms with Gasteiger partial charge in [-0.2, -0.15) is 0 Å². The Labute approximate surface area is 135 Å². The monoisotopic (exact) mass is 319 g/mol. The number of hydrogen-bond donors (Lipinski definition) is 4. The number of carbonyl (C=O) groups excluding carboxylic acids is 2. The number of quaternary nitrogens is 1. The van der Waals surface area contributed by atoms with Gasteiger partial charge in [0.2, 0.25) is 0 Å². The molecule has 3 amide bonds. The molecule has 1 heterocycles. The van der Waals surface area contributed by atoms with Crippen molar-refractivity contribution in [2.24, 2.45) is 0 Å². The molecular weight excluding hydrogens is 296 g/mol. The zero-order valence-electron chi connectivity index (χ0n) is 13.0. The predicted molar refractivity (Wildman–Crippen MR) is 85.6 cm³/mol. The third-order valence-electron chi connectivity index (χ3n) is 4.26. The Balaban J connectivity index is 1.40. The van der Waals surface area contributed by atoms with Gasteiger partial charge in [0.05, 0.1) is 26.2 Å². The van der Waals surface area contributed by atoms with Crippen molar-refractivity contribution in [1.29, 1.82) is 0 Å². The highest BCUT2D eigenvalue weighted by molar-refractivity contribution is 5.94. The van der Waals surface area contributed by atoms with E-state index in [0.717, 1.165) is 44.7 Å². The molecule has 1 aliphatic carbocycles. The number of nitrogens with zero attached hydrogens (tertiary/aromatic N) is 1. The molecule has 2 aliphatic rings. The summed E-state index contributed by atoms with van der Waals surface area (Å²) in [4.78, 5) is 26.8. The molecule has 1 aromatic carbocycles. The van der Waals surface area contributed by atoms with Gasteiger partial charge in [0.1, 0.15) is 5.75 Å². The van der Waals surface area contributed by atoms with Crippen LogP contribution in [0.25, 0.3) is 0 Å². The van der Waals surface area contributed by atoms with Crippen molar-refractivity contribution in [1.82, 2.24) is 10.6 Å². The number of phenols is 1. The van der Waals surface area contributed by atoms with E-state index in [1.54, 1.807) is 12.1 Å². The Morgan fingerprint density at radius 3 is 2.43 bits per heavy atom. The number of nitrogens with one attached hydrogen (secondary N) is 3. The molecule has 0 spiro atoms. The van der Waals surface area contributed by atoms with E-state index >= 15 is 0 Å². The minimum Gasteiger partial charge on any atom is -0.508 e. The van der Waals surface area contributed by atoms with Crippen LogP contribution in [0, 0.1) is 0 Å². The zero-order chi connectivity index (χ0) is 16.2. The van der Waals surface area contributed by atoms with Gasteiger partial charge in [0.15, 0.2) is 6.54 Å². The quantitative estimate of drug-likeness (QED) is 0.578. The van der Waals surface area contributed by atoms with Gasteiger partial charge in [-0.15, -0.1) is 0 Å². The van der Waals surface area contributed by atoms with E-state index in [1.807, 2.05) is 12.1 Å². The summed E-state index contributed by atoms with van der Waals surface area (Å²) in [5.41, 5.74) is 1.08. The maximum absolute atomic E-state index is 11.9. The second-order valence-corrected chi connectivity index (χ2v) is 6.23. The molecule has 0 bridgehead atoms. The van der Waals surface area contributed by atoms with Crippen molar-refractivity contribution >= 4 is 17.6 Å². The lowest BCUT2D eigenvalue weighted by Crippen LogP contribution is -3.16. The van der Waals surface area contributed by atoms with Crippen LogP contribution in [0.1, 0.15) is 12.8 Å². The molecule has 124 valence electrons. The summed E-state index contributed by atoms with van der Waals surface area (Å²) in [6, 6.07) is 7.04. The standard InChI is InChI=1S/C16H22N4O3/c21-14-5-3-13(4-6-14)20-9-7-19(8-10-20)11-15(22)18-16(23)17-12-1-2-12/h3-6,12,21H,1-2,7-11H2,(H2,17,18,22,23)/p+1. The second-order valence-electron chi connectivity index (χ2n) is 6.23. The van der Waals surface area contributed by atoms with Gasteiger partial charge in [-0.3, -0.25) is 10.1 Å². The van der Waals surface area contributed by atoms with E-state index in [2.05, 4.69) is 15.5 Å². The SMILES string of the molecule is O=C(C[NH+]1CCN(c2ccc(O)cc2)CC1)NC(=O)NC1CC1. The van der Waals surface area contributed by atoms with E-state index < -0.39 is 0 Å². The van der Waals surface area contributed by atoms with Crippen LogP contribution in [-0.2, 0) is 4.79 Å². The number of benzene rings is 1. The molecule has 1 aliphatic heterocycles. The number of imide groups is 1. The first-order chi connectivity index (χ1) is 11.1. The first kappa shape index (κ1) is 15.6. The second kappa shape index (κ2) is 6.87. The van der Waals surface area contributed by atoms with Crippen molar-refractivity contribution in [3.63, 3.8) is 0 Å². The van der Waals surface area contributed by atoms with Crippen LogP contribution < -0.4 is 20.4 Å². The number of carbonyl (C=O) groups is 2. The fourth-order valence-electron chi connectivity index (χ4n) is 2.77. The van der Waals surface area contributed by atoms with Crippen LogP contribution in [0.15, 0.2) is 24.3 Å². The molecule has 0 radical (unpaired) electrons. The van der Waals surface area contributed by atoms with Crippen molar-refractivity contribution in [3.8, 4) is 5.75 Å². The van der Waals surface area contributed by atoms with Gasteiger partial charge in [-0.1, -0.05) is 0 Å². The summed E-state index contributed by atoms with van der Waals surface area (Å²) in [6.07, 6.45) is 2.01. The number of amides is 3. The summed E-state index contributed by atoms with van der Waals surface area (Å²) < 4.78 is 0. The van der Waals surface area contributed by atoms with Gasteiger partial charge in [-0.05, 0) is 37.1 Å². The Hall–Kier alpha value is -2.28. The Morgan fingerprint density at radius 1 is 1.17 bits per heavy atom. The fourth-order valence-corrected chi connectivity index (χ4v) is 2.77. The highest BCUT2D eigenvalue weighted by Crippen LogP contribution is 2.18. The number of hydrogen-bond acceptors (Lipinski definition) is 4. The molecule has 23 heavy (non-hydrogen) atoms. The molecule has 7 heteroatoms. The van der Waals surface area contributed by atoms with E-state index in [0.29, 0.717) is 6.54 Å². The summed E-state index contributed by atoms with van der Waals surface area (Å²) in [5.74, 6) is 0.0374. The van der Waals surface area contributed by atoms with Crippen LogP contribution in [0.4, 0.5) is 10.5 Å². The van der Waals surface area contributed by atoms with Crippen molar-refractivity contribution < 1.29 is 19.6 Å². The minimum atomic E-state index is -0.375. The maximum atomic E-state index is 11.9. The lowest BCUT2D eigenvalue weighted by molar-refractivity contribution is -0.892. The molecule has 1 aromatic rings. The molecule has 2 fully saturated rings. The van der Waals surface area contributed by atoms with E-state index in [4.69, 9.17) is 0 Å². The van der Waals surface area contributed by atoms with Crippen LogP contribution in [0.5, 0.6) is 5.75 Å². The number of anilines is 1. The van der Waals surface area contributed by atoms with Gasteiger partial charge in [-0.25, -0.2) is 4.79 Å². The Bertz CT molecular complexity index is 563. The van der Waals surface area contributed by atoms with Crippen molar-refractivity contribution in [2.45, 2.75) is 18.9 Å². The predicted octanol–water partition coefficient (Wildman–Crippen LogP) is -0.915. The average molecular weight is 319 g/mol. The number of urea groups is 1. The van der Waals surface area contributed by atoms with E-state index in [9.17, 15) is 14.7 Å². The number of rotatable bonds is 4. The van der Waals surface area contributed by atoms with Crippen LogP contribution in [0.3, 0.4) is 0 Å². The van der Waals surface area contributed by atoms with Crippen LogP contribution in [-0.4, -0.2) is 55.8 Å². The molecule has 0 atom stereocenters. The number of aromatic hydroxyl groups is 1. The smallest absolute Gasteiger partial charge is 0.321 e. The molecule has 7 nitrogen and oxygen atoms in total. The first-order valence-electron chi connectivity index (χ1n) is 8.08. The highest BCUT2D eigenvalue weighted by Gasteiger charge is 2.26. The normalized spacial score (nSPS) is 18.5. The average Bonchev–Trinajstić information content (AvgIpc) is 3.32. The van der Waals surface area contributed by atoms with Gasteiger partial charge in [0.25, 0.3) is 5.91 Å². The molecule has 3 rings (SSSR count). The van der Waals surface area contributed by atoms with Crippen LogP contribution in [0.2, 0.25) is 0 Å². The fraction of sp³-hybridized carbons (Fsp3) is 0.500. The third kappa shape index (κ3) is 4.59. The lowest BCUT2D eigenvalue weighted by atomic mass is 10.2. The summed E-state index contributed by atoms with van der Waals surface area (Å²) in [6.45, 7) is 3.71. The molecule has 1 saturated carbocycles. The highest BCUT2D eigenvalue weighted by atomic mass is 16.3. The molecule has 0 unspecified atom stereocenters. The summed E-state index contributed by atoms with van der Waals surface area (Å²) in [5, 5.41) is 14.5. The zero-order valence-corrected chi connectivity index (χ0v) is 13.0. The molecule has 0 aromatic heterocycles. The largest absolute Gasteiger partial charge is 0.508 e. The Morgan fingerprint density at radius 2 is 1.83 bits per heavy atom. The summed E-state index contributed by atoms with van der Waals surface area (Å²) in [7, 11) is 0. The van der Waals surface area contributed by atoms with Gasteiger partial charge < -0.3 is 20.2 Å². The summed E-state index contributed by atoms with van der Waals surface area (Å²) >= 11 is 0. The minimum absolute atomic E-state index is 0.226. The molecule has 1 saturated heterocycles. The van der Waals surface area contributed by atoms with E-state index in [1.165, 1.54) is 4.90 Å². The van der Waals surface area contributed by atoms with Gasteiger partial charge in [0, 0.05) is 11.7 Å². The topological polar surface area (TPSA) is 86.1 Å². The Kier molecular flexibility index (Phi) is 4.66. The first-order valence-corrected chi connectivity index (χ1v) is 8.08. The van der Waals surface area contributed by atoms with Crippen LogP contribution >= 0.6 is 0 Å². The number of phenolic OH excluding ortho intramolecular Hbond substituents is 1. The third-order valence-corrected chi connectivity index (χ3v) is 4.26. The number of piperazine rings is 1. The maximum Gasteiger partial charge on any atom is 0.321 e. The molecular formula is C16H23N4O3+. The van der Waals surface area contributed by atoms with E-state index in [-0.39, 0.29) is 23.7 Å².